The minimum absolute atomic E-state index is 0.465. The van der Waals surface area contributed by atoms with Gasteiger partial charge in [-0.15, -0.1) is 0 Å². The molecule has 3 rings (SSSR count). The minimum Gasteiger partial charge on any atom is -0.493 e. The Hall–Kier alpha value is -3.54. The smallest absolute Gasteiger partial charge is 0.330 e. The topological polar surface area (TPSA) is 88.8 Å². The molecule has 0 saturated heterocycles. The molecule has 6 nitrogen and oxygen atoms in total. The van der Waals surface area contributed by atoms with Gasteiger partial charge in [0, 0.05) is 23.1 Å². The lowest BCUT2D eigenvalue weighted by molar-refractivity contribution is -0.141. The highest BCUT2D eigenvalue weighted by Gasteiger charge is 2.21. The molecule has 1 heterocycles. The Morgan fingerprint density at radius 2 is 1.97 bits per heavy atom. The second kappa shape index (κ2) is 8.65. The number of carbonyl (C=O) groups excluding carboxylic acids is 1. The number of carboxylic acids is 1. The standard InChI is InChI=1S/C23H23NO5/c1-4-28-19-12-20-18(15(3)13-29-20)11-17(19)14(2)10-21(25)24-22(23(26)27)16-8-6-5-7-9-16/h5-13,22H,4H2,1-3H3,(H,24,25)(H,26,27)/b14-10+. The molecule has 2 N–H and O–H groups in total. The fourth-order valence-electron chi connectivity index (χ4n) is 3.16. The number of aryl methyl sites for hydroxylation is 1. The Labute approximate surface area is 168 Å². The second-order valence-corrected chi connectivity index (χ2v) is 6.71. The SMILES string of the molecule is CCOc1cc2occ(C)c2cc1/C(C)=C/C(=O)NC(C(=O)O)c1ccccc1. The van der Waals surface area contributed by atoms with E-state index in [9.17, 15) is 14.7 Å². The van der Waals surface area contributed by atoms with Crippen LogP contribution in [-0.2, 0) is 9.59 Å². The third-order valence-corrected chi connectivity index (χ3v) is 4.61. The van der Waals surface area contributed by atoms with Crippen molar-refractivity contribution >= 4 is 28.4 Å². The number of hydrogen-bond acceptors (Lipinski definition) is 4. The van der Waals surface area contributed by atoms with Crippen molar-refractivity contribution in [3.05, 3.63) is 71.5 Å². The molecule has 29 heavy (non-hydrogen) atoms. The van der Waals surface area contributed by atoms with Crippen molar-refractivity contribution in [3.8, 4) is 5.75 Å². The number of rotatable bonds is 7. The molecule has 0 saturated carbocycles. The van der Waals surface area contributed by atoms with Crippen molar-refractivity contribution < 1.29 is 23.8 Å². The van der Waals surface area contributed by atoms with Crippen LogP contribution in [0.25, 0.3) is 16.5 Å². The van der Waals surface area contributed by atoms with E-state index in [4.69, 9.17) is 9.15 Å². The molecule has 1 atom stereocenters. The summed E-state index contributed by atoms with van der Waals surface area (Å²) in [6.45, 7) is 6.08. The first-order chi connectivity index (χ1) is 13.9. The zero-order valence-corrected chi connectivity index (χ0v) is 16.6. The molecule has 0 radical (unpaired) electrons. The van der Waals surface area contributed by atoms with Crippen LogP contribution < -0.4 is 10.1 Å². The first-order valence-corrected chi connectivity index (χ1v) is 9.32. The van der Waals surface area contributed by atoms with Gasteiger partial charge in [0.25, 0.3) is 0 Å². The summed E-state index contributed by atoms with van der Waals surface area (Å²) in [4.78, 5) is 24.2. The highest BCUT2D eigenvalue weighted by atomic mass is 16.5. The number of fused-ring (bicyclic) bond motifs is 1. The fourth-order valence-corrected chi connectivity index (χ4v) is 3.16. The van der Waals surface area contributed by atoms with E-state index in [-0.39, 0.29) is 0 Å². The Morgan fingerprint density at radius 1 is 1.24 bits per heavy atom. The third-order valence-electron chi connectivity index (χ3n) is 4.61. The van der Waals surface area contributed by atoms with Gasteiger partial charge in [-0.25, -0.2) is 4.79 Å². The number of hydrogen-bond donors (Lipinski definition) is 2. The Bertz CT molecular complexity index is 1070. The van der Waals surface area contributed by atoms with Crippen molar-refractivity contribution in [2.24, 2.45) is 0 Å². The molecule has 6 heteroatoms. The number of amides is 1. The van der Waals surface area contributed by atoms with Gasteiger partial charge in [0.2, 0.25) is 5.91 Å². The summed E-state index contributed by atoms with van der Waals surface area (Å²) in [6, 6.07) is 11.2. The minimum atomic E-state index is -1.13. The van der Waals surface area contributed by atoms with E-state index in [0.717, 1.165) is 16.5 Å². The summed E-state index contributed by atoms with van der Waals surface area (Å²) in [5.41, 5.74) is 3.61. The molecule has 0 aliphatic rings. The molecule has 0 aliphatic carbocycles. The lowest BCUT2D eigenvalue weighted by Crippen LogP contribution is -2.32. The molecule has 150 valence electrons. The summed E-state index contributed by atoms with van der Waals surface area (Å²) in [5.74, 6) is -1.01. The number of furan rings is 1. The molecule has 0 bridgehead atoms. The Kier molecular flexibility index (Phi) is 6.02. The lowest BCUT2D eigenvalue weighted by atomic mass is 10.0. The predicted molar refractivity (Wildman–Crippen MR) is 111 cm³/mol. The molecule has 1 aromatic heterocycles. The number of carboxylic acid groups (broad SMARTS) is 1. The number of ether oxygens (including phenoxy) is 1. The van der Waals surface area contributed by atoms with Crippen LogP contribution in [0.5, 0.6) is 5.75 Å². The molecule has 0 spiro atoms. The predicted octanol–water partition coefficient (Wildman–Crippen LogP) is 4.49. The van der Waals surface area contributed by atoms with Crippen molar-refractivity contribution in [3.63, 3.8) is 0 Å². The number of aliphatic carboxylic acids is 1. The molecule has 2 aromatic carbocycles. The molecular formula is C23H23NO5. The van der Waals surface area contributed by atoms with Gasteiger partial charge >= 0.3 is 5.97 Å². The fraction of sp³-hybridized carbons (Fsp3) is 0.217. The third kappa shape index (κ3) is 4.48. The first kappa shape index (κ1) is 20.2. The van der Waals surface area contributed by atoms with Crippen LogP contribution in [0.15, 0.2) is 59.2 Å². The monoisotopic (exact) mass is 393 g/mol. The van der Waals surface area contributed by atoms with Gasteiger partial charge in [-0.3, -0.25) is 4.79 Å². The number of carbonyl (C=O) groups is 2. The molecular weight excluding hydrogens is 370 g/mol. The zero-order valence-electron chi connectivity index (χ0n) is 16.6. The summed E-state index contributed by atoms with van der Waals surface area (Å²) >= 11 is 0. The molecule has 0 aliphatic heterocycles. The Morgan fingerprint density at radius 3 is 2.62 bits per heavy atom. The van der Waals surface area contributed by atoms with E-state index in [1.165, 1.54) is 6.08 Å². The average molecular weight is 393 g/mol. The van der Waals surface area contributed by atoms with Crippen LogP contribution in [0.1, 0.15) is 36.6 Å². The highest BCUT2D eigenvalue weighted by molar-refractivity contribution is 5.99. The normalized spacial score (nSPS) is 12.6. The van der Waals surface area contributed by atoms with Crippen molar-refractivity contribution in [2.75, 3.05) is 6.61 Å². The highest BCUT2D eigenvalue weighted by Crippen LogP contribution is 2.33. The first-order valence-electron chi connectivity index (χ1n) is 9.32. The van der Waals surface area contributed by atoms with E-state index in [2.05, 4.69) is 5.32 Å². The van der Waals surface area contributed by atoms with Crippen molar-refractivity contribution in [1.29, 1.82) is 0 Å². The maximum absolute atomic E-state index is 12.6. The maximum Gasteiger partial charge on any atom is 0.330 e. The summed E-state index contributed by atoms with van der Waals surface area (Å²) in [5, 5.41) is 13.0. The van der Waals surface area contributed by atoms with E-state index in [0.29, 0.717) is 29.1 Å². The second-order valence-electron chi connectivity index (χ2n) is 6.71. The van der Waals surface area contributed by atoms with Gasteiger partial charge in [0.15, 0.2) is 6.04 Å². The largest absolute Gasteiger partial charge is 0.493 e. The van der Waals surface area contributed by atoms with Gasteiger partial charge < -0.3 is 19.6 Å². The summed E-state index contributed by atoms with van der Waals surface area (Å²) in [6.07, 6.45) is 3.06. The van der Waals surface area contributed by atoms with E-state index >= 15 is 0 Å². The number of allylic oxidation sites excluding steroid dienone is 1. The van der Waals surface area contributed by atoms with Gasteiger partial charge in [0.05, 0.1) is 12.9 Å². The van der Waals surface area contributed by atoms with Crippen molar-refractivity contribution in [1.82, 2.24) is 5.32 Å². The van der Waals surface area contributed by atoms with Crippen LogP contribution in [0.2, 0.25) is 0 Å². The Balaban J connectivity index is 1.91. The molecule has 3 aromatic rings. The van der Waals surface area contributed by atoms with E-state index < -0.39 is 17.9 Å². The van der Waals surface area contributed by atoms with Crippen LogP contribution in [-0.4, -0.2) is 23.6 Å². The van der Waals surface area contributed by atoms with E-state index in [1.54, 1.807) is 49.6 Å². The van der Waals surface area contributed by atoms with Gasteiger partial charge in [-0.1, -0.05) is 30.3 Å². The lowest BCUT2D eigenvalue weighted by Gasteiger charge is -2.15. The molecule has 1 unspecified atom stereocenters. The van der Waals surface area contributed by atoms with Crippen LogP contribution in [0.3, 0.4) is 0 Å². The van der Waals surface area contributed by atoms with Gasteiger partial charge in [-0.2, -0.15) is 0 Å². The average Bonchev–Trinajstić information content (AvgIpc) is 3.06. The molecule has 0 fully saturated rings. The summed E-state index contributed by atoms with van der Waals surface area (Å²) < 4.78 is 11.3. The van der Waals surface area contributed by atoms with Crippen molar-refractivity contribution in [2.45, 2.75) is 26.8 Å². The van der Waals surface area contributed by atoms with Crippen LogP contribution in [0.4, 0.5) is 0 Å². The molecule has 1 amide bonds. The zero-order chi connectivity index (χ0) is 21.0. The van der Waals surface area contributed by atoms with Crippen LogP contribution in [0, 0.1) is 6.92 Å². The van der Waals surface area contributed by atoms with Gasteiger partial charge in [-0.05, 0) is 43.5 Å². The van der Waals surface area contributed by atoms with E-state index in [1.807, 2.05) is 19.9 Å². The quantitative estimate of drug-likeness (QED) is 0.578. The van der Waals surface area contributed by atoms with Gasteiger partial charge in [0.1, 0.15) is 11.3 Å². The summed E-state index contributed by atoms with van der Waals surface area (Å²) in [7, 11) is 0. The maximum atomic E-state index is 12.6. The number of benzene rings is 2. The number of nitrogens with one attached hydrogen (secondary N) is 1. The van der Waals surface area contributed by atoms with Crippen LogP contribution >= 0.6 is 0 Å².